The van der Waals surface area contributed by atoms with Crippen LogP contribution in [-0.2, 0) is 10.0 Å². The Balaban J connectivity index is 0.00000160. The second kappa shape index (κ2) is 7.44. The standard InChI is InChI=1S/C18H21FN6O2S.2H2/c1-28(26,27)21-10-12-4-3-9-25(11-12)15-7-6-14(19)17(22-15)16-13-5-2-8-20-18(13)24-23-16;;/h2,5-8,12,21H,3-4,9-11H2,1H3,(H,20,23,24);2*1H. The van der Waals surface area contributed by atoms with Gasteiger partial charge < -0.3 is 4.90 Å². The molecule has 0 saturated carbocycles. The van der Waals surface area contributed by atoms with Crippen molar-refractivity contribution in [2.45, 2.75) is 12.8 Å². The Bertz CT molecular complexity index is 1110. The molecule has 0 bridgehead atoms. The normalized spacial score (nSPS) is 17.9. The lowest BCUT2D eigenvalue weighted by Gasteiger charge is -2.33. The molecule has 10 heteroatoms. The van der Waals surface area contributed by atoms with Gasteiger partial charge in [-0.25, -0.2) is 27.5 Å². The van der Waals surface area contributed by atoms with E-state index in [0.29, 0.717) is 35.6 Å². The maximum absolute atomic E-state index is 14.5. The number of aromatic nitrogens is 4. The van der Waals surface area contributed by atoms with Crippen molar-refractivity contribution in [2.24, 2.45) is 5.92 Å². The third-order valence-corrected chi connectivity index (χ3v) is 5.57. The zero-order valence-electron chi connectivity index (χ0n) is 15.4. The maximum atomic E-state index is 14.5. The second-order valence-electron chi connectivity index (χ2n) is 7.05. The first kappa shape index (κ1) is 18.8. The number of nitrogens with zero attached hydrogens (tertiary/aromatic N) is 4. The number of nitrogens with one attached hydrogen (secondary N) is 2. The molecule has 8 nitrogen and oxygen atoms in total. The lowest BCUT2D eigenvalue weighted by Crippen LogP contribution is -2.41. The molecular weight excluding hydrogens is 383 g/mol. The van der Waals surface area contributed by atoms with Crippen molar-refractivity contribution < 1.29 is 15.7 Å². The van der Waals surface area contributed by atoms with Crippen LogP contribution in [0.4, 0.5) is 10.2 Å². The monoisotopic (exact) mass is 408 g/mol. The first-order chi connectivity index (χ1) is 13.4. The summed E-state index contributed by atoms with van der Waals surface area (Å²) in [6, 6.07) is 6.65. The number of H-pyrrole nitrogens is 1. The van der Waals surface area contributed by atoms with Crippen LogP contribution in [0.25, 0.3) is 22.4 Å². The van der Waals surface area contributed by atoms with Gasteiger partial charge in [-0.3, -0.25) is 5.10 Å². The van der Waals surface area contributed by atoms with Crippen molar-refractivity contribution in [3.8, 4) is 11.4 Å². The van der Waals surface area contributed by atoms with E-state index in [-0.39, 0.29) is 14.5 Å². The van der Waals surface area contributed by atoms with Gasteiger partial charge in [0, 0.05) is 34.1 Å². The molecule has 152 valence electrons. The van der Waals surface area contributed by atoms with E-state index in [1.54, 1.807) is 18.3 Å². The van der Waals surface area contributed by atoms with Gasteiger partial charge in [0.05, 0.1) is 11.9 Å². The molecule has 0 radical (unpaired) electrons. The number of anilines is 1. The van der Waals surface area contributed by atoms with Crippen LogP contribution >= 0.6 is 0 Å². The minimum absolute atomic E-state index is 0. The van der Waals surface area contributed by atoms with Crippen LogP contribution in [0.3, 0.4) is 0 Å². The van der Waals surface area contributed by atoms with Crippen LogP contribution in [0.15, 0.2) is 30.5 Å². The number of rotatable bonds is 5. The summed E-state index contributed by atoms with van der Waals surface area (Å²) in [5.41, 5.74) is 1.20. The Morgan fingerprint density at radius 2 is 2.25 bits per heavy atom. The number of hydrogen-bond acceptors (Lipinski definition) is 6. The van der Waals surface area contributed by atoms with Gasteiger partial charge in [0.2, 0.25) is 10.0 Å². The number of aromatic amines is 1. The van der Waals surface area contributed by atoms with E-state index in [4.69, 9.17) is 0 Å². The van der Waals surface area contributed by atoms with E-state index < -0.39 is 15.8 Å². The van der Waals surface area contributed by atoms with Gasteiger partial charge in [-0.2, -0.15) is 5.10 Å². The fourth-order valence-corrected chi connectivity index (χ4v) is 4.06. The van der Waals surface area contributed by atoms with Crippen molar-refractivity contribution in [2.75, 3.05) is 30.8 Å². The number of piperidine rings is 1. The van der Waals surface area contributed by atoms with Gasteiger partial charge in [-0.15, -0.1) is 0 Å². The molecule has 0 amide bonds. The van der Waals surface area contributed by atoms with Crippen LogP contribution < -0.4 is 9.62 Å². The fourth-order valence-electron chi connectivity index (χ4n) is 3.52. The fraction of sp³-hybridized carbons (Fsp3) is 0.389. The highest BCUT2D eigenvalue weighted by Crippen LogP contribution is 2.29. The predicted octanol–water partition coefficient (Wildman–Crippen LogP) is 2.42. The number of pyridine rings is 2. The molecule has 4 heterocycles. The molecule has 28 heavy (non-hydrogen) atoms. The van der Waals surface area contributed by atoms with Gasteiger partial charge in [0.15, 0.2) is 11.5 Å². The van der Waals surface area contributed by atoms with Crippen LogP contribution in [0.2, 0.25) is 0 Å². The van der Waals surface area contributed by atoms with E-state index in [2.05, 4.69) is 29.8 Å². The van der Waals surface area contributed by atoms with Crippen molar-refractivity contribution in [1.82, 2.24) is 24.9 Å². The number of fused-ring (bicyclic) bond motifs is 1. The van der Waals surface area contributed by atoms with Crippen LogP contribution in [-0.4, -0.2) is 54.5 Å². The number of halogens is 1. The third-order valence-electron chi connectivity index (χ3n) is 4.87. The van der Waals surface area contributed by atoms with Gasteiger partial charge in [-0.05, 0) is 43.0 Å². The lowest BCUT2D eigenvalue weighted by atomic mass is 9.98. The summed E-state index contributed by atoms with van der Waals surface area (Å²) < 4.78 is 39.8. The van der Waals surface area contributed by atoms with Crippen molar-refractivity contribution in [3.63, 3.8) is 0 Å². The van der Waals surface area contributed by atoms with E-state index in [1.807, 2.05) is 6.07 Å². The molecule has 4 rings (SSSR count). The molecule has 0 aromatic carbocycles. The summed E-state index contributed by atoms with van der Waals surface area (Å²) in [5.74, 6) is 0.397. The summed E-state index contributed by atoms with van der Waals surface area (Å²) in [6.45, 7) is 1.84. The lowest BCUT2D eigenvalue weighted by molar-refractivity contribution is 0.409. The van der Waals surface area contributed by atoms with Crippen molar-refractivity contribution in [3.05, 3.63) is 36.3 Å². The zero-order valence-corrected chi connectivity index (χ0v) is 16.2. The highest BCUT2D eigenvalue weighted by Gasteiger charge is 2.23. The summed E-state index contributed by atoms with van der Waals surface area (Å²) >= 11 is 0. The van der Waals surface area contributed by atoms with E-state index in [0.717, 1.165) is 25.6 Å². The maximum Gasteiger partial charge on any atom is 0.208 e. The number of hydrogen-bond donors (Lipinski definition) is 2. The quantitative estimate of drug-likeness (QED) is 0.672. The zero-order chi connectivity index (χ0) is 19.7. The van der Waals surface area contributed by atoms with Gasteiger partial charge in [-0.1, -0.05) is 0 Å². The van der Waals surface area contributed by atoms with E-state index in [1.165, 1.54) is 6.07 Å². The van der Waals surface area contributed by atoms with Crippen LogP contribution in [0, 0.1) is 11.7 Å². The van der Waals surface area contributed by atoms with E-state index in [9.17, 15) is 12.8 Å². The summed E-state index contributed by atoms with van der Waals surface area (Å²) in [4.78, 5) is 10.8. The van der Waals surface area contributed by atoms with Crippen molar-refractivity contribution in [1.29, 1.82) is 0 Å². The molecule has 1 aliphatic heterocycles. The highest BCUT2D eigenvalue weighted by atomic mass is 32.2. The predicted molar refractivity (Wildman–Crippen MR) is 109 cm³/mol. The minimum atomic E-state index is -3.22. The molecular formula is C18H25FN6O2S. The molecule has 1 fully saturated rings. The molecule has 3 aromatic heterocycles. The summed E-state index contributed by atoms with van der Waals surface area (Å²) in [5, 5.41) is 7.66. The Labute approximate surface area is 165 Å². The van der Waals surface area contributed by atoms with E-state index >= 15 is 0 Å². The molecule has 3 aromatic rings. The Hall–Kier alpha value is -2.59. The number of sulfonamides is 1. The summed E-state index contributed by atoms with van der Waals surface area (Å²) in [6.07, 6.45) is 4.64. The molecule has 1 aliphatic rings. The topological polar surface area (TPSA) is 104 Å². The molecule has 1 atom stereocenters. The third kappa shape index (κ3) is 3.97. The smallest absolute Gasteiger partial charge is 0.208 e. The summed E-state index contributed by atoms with van der Waals surface area (Å²) in [7, 11) is -3.22. The Kier molecular flexibility index (Phi) is 4.98. The molecule has 1 saturated heterocycles. The SMILES string of the molecule is CS(=O)(=O)NCC1CCCN(c2ccc(F)c(-c3[nH]nc4ncccc34)n2)C1.[HH].[HH]. The van der Waals surface area contributed by atoms with Crippen LogP contribution in [0.1, 0.15) is 15.7 Å². The van der Waals surface area contributed by atoms with Gasteiger partial charge >= 0.3 is 0 Å². The average molecular weight is 409 g/mol. The first-order valence-corrected chi connectivity index (χ1v) is 11.0. The first-order valence-electron chi connectivity index (χ1n) is 9.06. The second-order valence-corrected chi connectivity index (χ2v) is 8.88. The average Bonchev–Trinajstić information content (AvgIpc) is 3.10. The largest absolute Gasteiger partial charge is 0.356 e. The Morgan fingerprint density at radius 1 is 1.39 bits per heavy atom. The molecule has 0 spiro atoms. The molecule has 1 unspecified atom stereocenters. The highest BCUT2D eigenvalue weighted by molar-refractivity contribution is 7.88. The van der Waals surface area contributed by atoms with Crippen LogP contribution in [0.5, 0.6) is 0 Å². The van der Waals surface area contributed by atoms with Gasteiger partial charge in [0.25, 0.3) is 0 Å². The Morgan fingerprint density at radius 3 is 3.07 bits per heavy atom. The molecule has 0 aliphatic carbocycles. The minimum Gasteiger partial charge on any atom is -0.356 e. The molecule has 2 N–H and O–H groups in total. The van der Waals surface area contributed by atoms with Gasteiger partial charge in [0.1, 0.15) is 11.5 Å². The van der Waals surface area contributed by atoms with Crippen molar-refractivity contribution >= 4 is 26.9 Å².